The van der Waals surface area contributed by atoms with Crippen LogP contribution in [0.15, 0.2) is 23.8 Å². The van der Waals surface area contributed by atoms with Crippen LogP contribution in [-0.2, 0) is 0 Å². The van der Waals surface area contributed by atoms with Crippen molar-refractivity contribution in [3.05, 3.63) is 23.8 Å². The third kappa shape index (κ3) is 2.05. The van der Waals surface area contributed by atoms with Crippen molar-refractivity contribution in [2.45, 2.75) is 32.6 Å². The van der Waals surface area contributed by atoms with Crippen LogP contribution in [-0.4, -0.2) is 0 Å². The maximum Gasteiger partial charge on any atom is -0.0285 e. The van der Waals surface area contributed by atoms with E-state index in [1.54, 1.807) is 0 Å². The maximum atomic E-state index is 2.35. The lowest BCUT2D eigenvalue weighted by atomic mass is 10.0. The van der Waals surface area contributed by atoms with Gasteiger partial charge in [0, 0.05) is 0 Å². The van der Waals surface area contributed by atoms with Gasteiger partial charge in [-0.3, -0.25) is 0 Å². The molecular weight excluding hydrogens is 108 g/mol. The predicted molar refractivity (Wildman–Crippen MR) is 41.4 cm³/mol. The lowest BCUT2D eigenvalue weighted by Gasteiger charge is -2.03. The second kappa shape index (κ2) is 3.49. The van der Waals surface area contributed by atoms with E-state index in [2.05, 4.69) is 25.2 Å². The van der Waals surface area contributed by atoms with Crippen LogP contribution >= 0.6 is 0 Å². The Bertz CT molecular complexity index is 129. The molecule has 9 heavy (non-hydrogen) atoms. The molecule has 0 amide bonds. The molecule has 0 radical (unpaired) electrons. The van der Waals surface area contributed by atoms with Gasteiger partial charge in [0.15, 0.2) is 0 Å². The first-order valence-corrected chi connectivity index (χ1v) is 3.79. The molecule has 0 aromatic heterocycles. The fourth-order valence-corrected chi connectivity index (χ4v) is 1.14. The van der Waals surface area contributed by atoms with E-state index in [1.165, 1.54) is 31.3 Å². The highest BCUT2D eigenvalue weighted by Crippen LogP contribution is 2.13. The molecule has 0 N–H and O–H groups in total. The number of rotatable bonds is 2. The van der Waals surface area contributed by atoms with Gasteiger partial charge in [-0.2, -0.15) is 0 Å². The Morgan fingerprint density at radius 1 is 1.44 bits per heavy atom. The van der Waals surface area contributed by atoms with Crippen LogP contribution in [0.2, 0.25) is 0 Å². The molecule has 1 aliphatic carbocycles. The molecule has 0 aromatic rings. The van der Waals surface area contributed by atoms with E-state index in [9.17, 15) is 0 Å². The zero-order valence-corrected chi connectivity index (χ0v) is 6.06. The Labute approximate surface area is 57.3 Å². The van der Waals surface area contributed by atoms with Crippen molar-refractivity contribution in [1.29, 1.82) is 0 Å². The van der Waals surface area contributed by atoms with Gasteiger partial charge in [-0.15, -0.1) is 0 Å². The van der Waals surface area contributed by atoms with Crippen molar-refractivity contribution in [2.75, 3.05) is 0 Å². The van der Waals surface area contributed by atoms with Crippen LogP contribution in [0, 0.1) is 0 Å². The number of hydrogen-bond donors (Lipinski definition) is 0. The lowest BCUT2D eigenvalue weighted by Crippen LogP contribution is -1.82. The zero-order valence-electron chi connectivity index (χ0n) is 6.06. The normalized spacial score (nSPS) is 17.7. The average Bonchev–Trinajstić information content (AvgIpc) is 1.91. The van der Waals surface area contributed by atoms with Gasteiger partial charge in [-0.05, 0) is 19.3 Å². The molecule has 0 aliphatic heterocycles. The fourth-order valence-electron chi connectivity index (χ4n) is 1.14. The van der Waals surface area contributed by atoms with Gasteiger partial charge in [0.1, 0.15) is 0 Å². The minimum absolute atomic E-state index is 1.24. The van der Waals surface area contributed by atoms with Crippen molar-refractivity contribution < 1.29 is 0 Å². The highest BCUT2D eigenvalue weighted by atomic mass is 14.0. The van der Waals surface area contributed by atoms with Gasteiger partial charge in [-0.1, -0.05) is 37.1 Å². The van der Waals surface area contributed by atoms with Crippen LogP contribution in [0.5, 0.6) is 0 Å². The molecule has 0 heterocycles. The number of hydrogen-bond acceptors (Lipinski definition) is 0. The minimum atomic E-state index is 1.24. The van der Waals surface area contributed by atoms with Gasteiger partial charge < -0.3 is 0 Å². The first-order chi connectivity index (χ1) is 4.43. The first kappa shape index (κ1) is 6.60. The summed E-state index contributed by atoms with van der Waals surface area (Å²) in [6, 6.07) is 0. The highest BCUT2D eigenvalue weighted by molar-refractivity contribution is 5.21. The van der Waals surface area contributed by atoms with Crippen LogP contribution in [0.3, 0.4) is 0 Å². The minimum Gasteiger partial charge on any atom is -0.0840 e. The van der Waals surface area contributed by atoms with Gasteiger partial charge in [0.25, 0.3) is 0 Å². The lowest BCUT2D eigenvalue weighted by molar-refractivity contribution is 0.894. The Balaban J connectivity index is 2.38. The van der Waals surface area contributed by atoms with E-state index in [0.29, 0.717) is 0 Å². The van der Waals surface area contributed by atoms with Crippen molar-refractivity contribution >= 4 is 0 Å². The second-order valence-corrected chi connectivity index (χ2v) is 2.51. The summed E-state index contributed by atoms with van der Waals surface area (Å²) in [7, 11) is 0. The van der Waals surface area contributed by atoms with Gasteiger partial charge >= 0.3 is 0 Å². The molecule has 50 valence electrons. The van der Waals surface area contributed by atoms with Gasteiger partial charge in [0.05, 0.1) is 0 Å². The predicted octanol–water partition coefficient (Wildman–Crippen LogP) is 3.06. The molecule has 0 nitrogen and oxygen atoms in total. The molecule has 0 fully saturated rings. The standard InChI is InChI=1S/C9H14/c1-2-6-9-7-4-3-5-8-9/h4,7-8H,2-3,5-6H2,1H3. The Morgan fingerprint density at radius 3 is 2.89 bits per heavy atom. The summed E-state index contributed by atoms with van der Waals surface area (Å²) in [4.78, 5) is 0. The molecule has 1 rings (SSSR count). The SMILES string of the molecule is CCCC1=CCCC=C1. The first-order valence-electron chi connectivity index (χ1n) is 3.79. The summed E-state index contributed by atoms with van der Waals surface area (Å²) in [5.41, 5.74) is 1.53. The van der Waals surface area contributed by atoms with Gasteiger partial charge in [-0.25, -0.2) is 0 Å². The van der Waals surface area contributed by atoms with Crippen LogP contribution in [0.25, 0.3) is 0 Å². The zero-order chi connectivity index (χ0) is 6.53. The molecule has 0 saturated carbocycles. The monoisotopic (exact) mass is 122 g/mol. The Hall–Kier alpha value is -0.520. The quantitative estimate of drug-likeness (QED) is 0.528. The maximum absolute atomic E-state index is 2.35. The van der Waals surface area contributed by atoms with E-state index in [1.807, 2.05) is 0 Å². The van der Waals surface area contributed by atoms with Crippen LogP contribution in [0.1, 0.15) is 32.6 Å². The molecule has 0 bridgehead atoms. The smallest absolute Gasteiger partial charge is 0.0285 e. The summed E-state index contributed by atoms with van der Waals surface area (Å²) in [5.74, 6) is 0. The van der Waals surface area contributed by atoms with Crippen LogP contribution in [0.4, 0.5) is 0 Å². The van der Waals surface area contributed by atoms with Crippen molar-refractivity contribution in [1.82, 2.24) is 0 Å². The van der Waals surface area contributed by atoms with E-state index in [4.69, 9.17) is 0 Å². The average molecular weight is 122 g/mol. The largest absolute Gasteiger partial charge is 0.0840 e. The fraction of sp³-hybridized carbons (Fsp3) is 0.556. The molecule has 0 aromatic carbocycles. The van der Waals surface area contributed by atoms with E-state index >= 15 is 0 Å². The summed E-state index contributed by atoms with van der Waals surface area (Å²) in [6.45, 7) is 2.23. The van der Waals surface area contributed by atoms with E-state index < -0.39 is 0 Å². The third-order valence-corrected chi connectivity index (χ3v) is 1.61. The molecule has 0 atom stereocenters. The molecule has 0 unspecified atom stereocenters. The van der Waals surface area contributed by atoms with E-state index in [-0.39, 0.29) is 0 Å². The van der Waals surface area contributed by atoms with E-state index in [0.717, 1.165) is 0 Å². The number of allylic oxidation sites excluding steroid dienone is 4. The third-order valence-electron chi connectivity index (χ3n) is 1.61. The topological polar surface area (TPSA) is 0 Å². The molecule has 0 saturated heterocycles. The Kier molecular flexibility index (Phi) is 2.56. The summed E-state index contributed by atoms with van der Waals surface area (Å²) < 4.78 is 0. The molecule has 1 aliphatic rings. The summed E-state index contributed by atoms with van der Waals surface area (Å²) in [5, 5.41) is 0. The Morgan fingerprint density at radius 2 is 2.33 bits per heavy atom. The molecule has 0 spiro atoms. The molecular formula is C9H14. The van der Waals surface area contributed by atoms with Crippen molar-refractivity contribution in [3.8, 4) is 0 Å². The molecule has 0 heteroatoms. The van der Waals surface area contributed by atoms with Gasteiger partial charge in [0.2, 0.25) is 0 Å². The highest BCUT2D eigenvalue weighted by Gasteiger charge is 1.93. The van der Waals surface area contributed by atoms with Crippen molar-refractivity contribution in [2.24, 2.45) is 0 Å². The van der Waals surface area contributed by atoms with Crippen molar-refractivity contribution in [3.63, 3.8) is 0 Å². The summed E-state index contributed by atoms with van der Waals surface area (Å²) in [6.07, 6.45) is 11.9. The van der Waals surface area contributed by atoms with Crippen LogP contribution < -0.4 is 0 Å². The second-order valence-electron chi connectivity index (χ2n) is 2.51. The summed E-state index contributed by atoms with van der Waals surface area (Å²) >= 11 is 0.